The molecule has 2 amide bonds. The highest BCUT2D eigenvalue weighted by molar-refractivity contribution is 7.92. The number of hydrogen-bond acceptors (Lipinski definition) is 6. The molecular formula is C20H25N3O6S. The van der Waals surface area contributed by atoms with Gasteiger partial charge in [0.1, 0.15) is 11.5 Å². The monoisotopic (exact) mass is 435 g/mol. The standard InChI is InChI=1S/C20H25N3O6S/c1-12(16-11-15(28-3)7-9-19(16)29-4)21-20(25)17-10-14(22-13(2)24)6-8-18(17)23-30(5,26)27/h6-12,23H,1-5H3,(H,21,25)(H,22,24). The Morgan fingerprint density at radius 2 is 1.73 bits per heavy atom. The number of carbonyl (C=O) groups is 2. The summed E-state index contributed by atoms with van der Waals surface area (Å²) in [5.41, 5.74) is 1.19. The quantitative estimate of drug-likeness (QED) is 0.586. The SMILES string of the molecule is COc1ccc(OC)c(C(C)NC(=O)c2cc(NC(C)=O)ccc2NS(C)(=O)=O)c1. The summed E-state index contributed by atoms with van der Waals surface area (Å²) in [7, 11) is -0.571. The van der Waals surface area contributed by atoms with Crippen LogP contribution in [0.15, 0.2) is 36.4 Å². The Kier molecular flexibility index (Phi) is 7.28. The van der Waals surface area contributed by atoms with Crippen molar-refractivity contribution in [3.63, 3.8) is 0 Å². The Morgan fingerprint density at radius 3 is 2.30 bits per heavy atom. The van der Waals surface area contributed by atoms with Crippen molar-refractivity contribution < 1.29 is 27.5 Å². The van der Waals surface area contributed by atoms with Crippen molar-refractivity contribution in [3.8, 4) is 11.5 Å². The second-order valence-electron chi connectivity index (χ2n) is 6.62. The molecule has 0 heterocycles. The van der Waals surface area contributed by atoms with Crippen LogP contribution in [0.3, 0.4) is 0 Å². The van der Waals surface area contributed by atoms with Gasteiger partial charge in [0, 0.05) is 18.2 Å². The molecular weight excluding hydrogens is 410 g/mol. The van der Waals surface area contributed by atoms with E-state index in [9.17, 15) is 18.0 Å². The lowest BCUT2D eigenvalue weighted by molar-refractivity contribution is -0.114. The Morgan fingerprint density at radius 1 is 1.03 bits per heavy atom. The lowest BCUT2D eigenvalue weighted by Gasteiger charge is -2.20. The van der Waals surface area contributed by atoms with Crippen LogP contribution < -0.4 is 24.8 Å². The molecule has 0 saturated heterocycles. The number of ether oxygens (including phenoxy) is 2. The molecule has 3 N–H and O–H groups in total. The summed E-state index contributed by atoms with van der Waals surface area (Å²) in [6, 6.07) is 9.04. The Hall–Kier alpha value is -3.27. The van der Waals surface area contributed by atoms with Crippen LogP contribution in [0.25, 0.3) is 0 Å². The first-order chi connectivity index (χ1) is 14.0. The van der Waals surface area contributed by atoms with Crippen molar-refractivity contribution in [3.05, 3.63) is 47.5 Å². The molecule has 0 radical (unpaired) electrons. The second kappa shape index (κ2) is 9.49. The average molecular weight is 436 g/mol. The van der Waals surface area contributed by atoms with Gasteiger partial charge in [0.2, 0.25) is 15.9 Å². The van der Waals surface area contributed by atoms with Crippen molar-refractivity contribution in [2.75, 3.05) is 30.5 Å². The Balaban J connectivity index is 2.39. The summed E-state index contributed by atoms with van der Waals surface area (Å²) in [6.45, 7) is 3.09. The molecule has 0 bridgehead atoms. The first-order valence-electron chi connectivity index (χ1n) is 8.96. The van der Waals surface area contributed by atoms with E-state index >= 15 is 0 Å². The highest BCUT2D eigenvalue weighted by Crippen LogP contribution is 2.30. The zero-order valence-electron chi connectivity index (χ0n) is 17.4. The molecule has 0 aliphatic heterocycles. The van der Waals surface area contributed by atoms with Gasteiger partial charge in [-0.1, -0.05) is 0 Å². The smallest absolute Gasteiger partial charge is 0.253 e. The largest absolute Gasteiger partial charge is 0.497 e. The number of hydrogen-bond donors (Lipinski definition) is 3. The third-order valence-electron chi connectivity index (χ3n) is 4.13. The lowest BCUT2D eigenvalue weighted by Crippen LogP contribution is -2.28. The van der Waals surface area contributed by atoms with Crippen molar-refractivity contribution in [1.82, 2.24) is 5.32 Å². The van der Waals surface area contributed by atoms with Crippen LogP contribution >= 0.6 is 0 Å². The van der Waals surface area contributed by atoms with Crippen molar-refractivity contribution in [1.29, 1.82) is 0 Å². The van der Waals surface area contributed by atoms with Crippen LogP contribution in [-0.4, -0.2) is 40.7 Å². The fourth-order valence-corrected chi connectivity index (χ4v) is 3.41. The first-order valence-corrected chi connectivity index (χ1v) is 10.9. The fraction of sp³-hybridized carbons (Fsp3) is 0.300. The fourth-order valence-electron chi connectivity index (χ4n) is 2.83. The summed E-state index contributed by atoms with van der Waals surface area (Å²) in [5, 5.41) is 5.40. The third-order valence-corrected chi connectivity index (χ3v) is 4.72. The van der Waals surface area contributed by atoms with E-state index in [1.54, 1.807) is 25.1 Å². The zero-order chi connectivity index (χ0) is 22.5. The maximum Gasteiger partial charge on any atom is 0.253 e. The number of benzene rings is 2. The van der Waals surface area contributed by atoms with Gasteiger partial charge in [-0.2, -0.15) is 0 Å². The van der Waals surface area contributed by atoms with Gasteiger partial charge in [-0.25, -0.2) is 8.42 Å². The number of rotatable bonds is 8. The second-order valence-corrected chi connectivity index (χ2v) is 8.37. The van der Waals surface area contributed by atoms with E-state index in [4.69, 9.17) is 9.47 Å². The van der Waals surface area contributed by atoms with E-state index in [0.29, 0.717) is 22.7 Å². The maximum atomic E-state index is 13.0. The highest BCUT2D eigenvalue weighted by atomic mass is 32.2. The molecule has 2 aromatic carbocycles. The summed E-state index contributed by atoms with van der Waals surface area (Å²) >= 11 is 0. The van der Waals surface area contributed by atoms with Crippen LogP contribution in [-0.2, 0) is 14.8 Å². The van der Waals surface area contributed by atoms with Gasteiger partial charge in [-0.05, 0) is 43.3 Å². The van der Waals surface area contributed by atoms with Gasteiger partial charge in [0.25, 0.3) is 5.91 Å². The first kappa shape index (κ1) is 23.0. The molecule has 1 atom stereocenters. The summed E-state index contributed by atoms with van der Waals surface area (Å²) in [5.74, 6) is 0.300. The number of sulfonamides is 1. The molecule has 0 fully saturated rings. The highest BCUT2D eigenvalue weighted by Gasteiger charge is 2.20. The van der Waals surface area contributed by atoms with Gasteiger partial charge >= 0.3 is 0 Å². The van der Waals surface area contributed by atoms with E-state index in [0.717, 1.165) is 6.26 Å². The van der Waals surface area contributed by atoms with E-state index in [2.05, 4.69) is 15.4 Å². The van der Waals surface area contributed by atoms with Crippen LogP contribution in [0.1, 0.15) is 35.8 Å². The lowest BCUT2D eigenvalue weighted by atomic mass is 10.1. The third kappa shape index (κ3) is 6.11. The molecule has 2 rings (SSSR count). The molecule has 10 heteroatoms. The van der Waals surface area contributed by atoms with Crippen molar-refractivity contribution in [2.24, 2.45) is 0 Å². The van der Waals surface area contributed by atoms with Gasteiger partial charge in [-0.15, -0.1) is 0 Å². The van der Waals surface area contributed by atoms with Gasteiger partial charge in [0.15, 0.2) is 0 Å². The predicted molar refractivity (Wildman–Crippen MR) is 115 cm³/mol. The number of nitrogens with one attached hydrogen (secondary N) is 3. The maximum absolute atomic E-state index is 13.0. The van der Waals surface area contributed by atoms with E-state index in [1.165, 1.54) is 39.3 Å². The zero-order valence-corrected chi connectivity index (χ0v) is 18.2. The minimum atomic E-state index is -3.62. The molecule has 30 heavy (non-hydrogen) atoms. The minimum absolute atomic E-state index is 0.0559. The predicted octanol–water partition coefficient (Wildman–Crippen LogP) is 2.52. The van der Waals surface area contributed by atoms with Gasteiger partial charge < -0.3 is 20.1 Å². The Bertz CT molecular complexity index is 1050. The van der Waals surface area contributed by atoms with Crippen LogP contribution in [0.2, 0.25) is 0 Å². The molecule has 1 unspecified atom stereocenters. The molecule has 2 aromatic rings. The number of methoxy groups -OCH3 is 2. The van der Waals surface area contributed by atoms with Crippen molar-refractivity contribution >= 4 is 33.2 Å². The van der Waals surface area contributed by atoms with E-state index in [-0.39, 0.29) is 17.2 Å². The van der Waals surface area contributed by atoms with Crippen molar-refractivity contribution in [2.45, 2.75) is 19.9 Å². The summed E-state index contributed by atoms with van der Waals surface area (Å²) in [6.07, 6.45) is 0.986. The summed E-state index contributed by atoms with van der Waals surface area (Å²) < 4.78 is 36.3. The van der Waals surface area contributed by atoms with Crippen LogP contribution in [0, 0.1) is 0 Å². The van der Waals surface area contributed by atoms with Gasteiger partial charge in [0.05, 0.1) is 37.8 Å². The normalized spacial score (nSPS) is 11.9. The van der Waals surface area contributed by atoms with E-state index in [1.807, 2.05) is 0 Å². The Labute approximate surface area is 175 Å². The molecule has 0 aromatic heterocycles. The molecule has 0 spiro atoms. The summed E-state index contributed by atoms with van der Waals surface area (Å²) in [4.78, 5) is 24.3. The molecule has 162 valence electrons. The molecule has 0 saturated carbocycles. The number of amides is 2. The number of carbonyl (C=O) groups excluding carboxylic acids is 2. The van der Waals surface area contributed by atoms with Crippen LogP contribution in [0.5, 0.6) is 11.5 Å². The topological polar surface area (TPSA) is 123 Å². The molecule has 9 nitrogen and oxygen atoms in total. The molecule has 0 aliphatic carbocycles. The number of anilines is 2. The van der Waals surface area contributed by atoms with Gasteiger partial charge in [-0.3, -0.25) is 14.3 Å². The van der Waals surface area contributed by atoms with E-state index < -0.39 is 22.0 Å². The average Bonchev–Trinajstić information content (AvgIpc) is 2.66. The van der Waals surface area contributed by atoms with Crippen LogP contribution in [0.4, 0.5) is 11.4 Å². The molecule has 0 aliphatic rings. The minimum Gasteiger partial charge on any atom is -0.497 e.